The lowest BCUT2D eigenvalue weighted by Crippen LogP contribution is -2.66. The van der Waals surface area contributed by atoms with Gasteiger partial charge in [0, 0.05) is 35.6 Å². The van der Waals surface area contributed by atoms with Crippen molar-refractivity contribution < 1.29 is 28.4 Å². The minimum atomic E-state index is -1.55. The maximum Gasteiger partial charge on any atom is 0.344 e. The third kappa shape index (κ3) is 3.55. The molecule has 9 heteroatoms. The summed E-state index contributed by atoms with van der Waals surface area (Å²) in [5, 5.41) is 19.6. The van der Waals surface area contributed by atoms with Crippen molar-refractivity contribution in [1.82, 2.24) is 5.16 Å². The van der Waals surface area contributed by atoms with E-state index in [1.165, 1.54) is 17.6 Å². The number of fused-ring (bicyclic) bond motifs is 3. The number of quaternary nitrogens is 1. The van der Waals surface area contributed by atoms with Crippen LogP contribution in [0.25, 0.3) is 0 Å². The predicted molar refractivity (Wildman–Crippen MR) is 108 cm³/mol. The molecule has 2 aromatic rings. The van der Waals surface area contributed by atoms with Crippen molar-refractivity contribution in [3.8, 4) is 0 Å². The number of ether oxygens (including phenoxy) is 1. The van der Waals surface area contributed by atoms with Gasteiger partial charge in [0.2, 0.25) is 0 Å². The number of nitrogens with one attached hydrogen (secondary N) is 1. The van der Waals surface area contributed by atoms with Crippen LogP contribution in [0.3, 0.4) is 0 Å². The summed E-state index contributed by atoms with van der Waals surface area (Å²) < 4.78 is 11.3. The Balaban J connectivity index is 1.27. The number of esters is 1. The molecular weight excluding hydrogens is 406 g/mol. The van der Waals surface area contributed by atoms with Gasteiger partial charge < -0.3 is 24.2 Å². The van der Waals surface area contributed by atoms with Crippen LogP contribution in [0.1, 0.15) is 30.6 Å². The zero-order chi connectivity index (χ0) is 20.8. The summed E-state index contributed by atoms with van der Waals surface area (Å²) in [7, 11) is 0. The number of piperidine rings is 3. The van der Waals surface area contributed by atoms with Crippen molar-refractivity contribution in [1.29, 1.82) is 0 Å². The van der Waals surface area contributed by atoms with Crippen LogP contribution in [0.15, 0.2) is 34.4 Å². The molecule has 4 aliphatic rings. The molecule has 2 N–H and O–H groups in total. The molecule has 1 amide bonds. The molecule has 8 nitrogen and oxygen atoms in total. The van der Waals surface area contributed by atoms with Crippen molar-refractivity contribution >= 4 is 29.0 Å². The van der Waals surface area contributed by atoms with E-state index in [1.807, 2.05) is 17.5 Å². The number of aliphatic hydroxyl groups is 1. The SMILES string of the molecule is O=C(C[N+]12CCC(CC1)C(OC(=O)[C@@](O)(c1cccs1)C1CC1)C2)Nc1ccon1. The lowest BCUT2D eigenvalue weighted by Gasteiger charge is -2.51. The van der Waals surface area contributed by atoms with Crippen LogP contribution in [0.5, 0.6) is 0 Å². The molecule has 2 aromatic heterocycles. The first-order chi connectivity index (χ1) is 14.5. The summed E-state index contributed by atoms with van der Waals surface area (Å²) in [6.45, 7) is 2.70. The van der Waals surface area contributed by atoms with E-state index in [2.05, 4.69) is 10.5 Å². The highest BCUT2D eigenvalue weighted by Gasteiger charge is 2.55. The number of carbonyl (C=O) groups is 2. The maximum absolute atomic E-state index is 13.2. The van der Waals surface area contributed by atoms with Crippen molar-refractivity contribution in [3.05, 3.63) is 34.7 Å². The number of nitrogens with zero attached hydrogens (tertiary/aromatic N) is 2. The molecule has 4 fully saturated rings. The molecule has 3 aliphatic heterocycles. The lowest BCUT2D eigenvalue weighted by atomic mass is 9.83. The van der Waals surface area contributed by atoms with E-state index >= 15 is 0 Å². The molecule has 1 unspecified atom stereocenters. The Labute approximate surface area is 178 Å². The Kier molecular flexibility index (Phi) is 4.91. The Morgan fingerprint density at radius 3 is 2.73 bits per heavy atom. The van der Waals surface area contributed by atoms with Gasteiger partial charge in [0.15, 0.2) is 24.1 Å². The largest absolute Gasteiger partial charge is 0.454 e. The topological polar surface area (TPSA) is 102 Å². The van der Waals surface area contributed by atoms with Crippen LogP contribution < -0.4 is 5.32 Å². The van der Waals surface area contributed by atoms with Gasteiger partial charge in [-0.05, 0) is 24.3 Å². The number of thiophene rings is 1. The summed E-state index contributed by atoms with van der Waals surface area (Å²) in [5.41, 5.74) is -1.55. The monoisotopic (exact) mass is 432 g/mol. The molecule has 3 saturated heterocycles. The fourth-order valence-corrected chi connectivity index (χ4v) is 5.92. The first-order valence-electron chi connectivity index (χ1n) is 10.5. The predicted octanol–water partition coefficient (Wildman–Crippen LogP) is 2.12. The Morgan fingerprint density at radius 1 is 1.30 bits per heavy atom. The molecule has 0 radical (unpaired) electrons. The Hall–Kier alpha value is -2.23. The first kappa shape index (κ1) is 19.7. The normalized spacial score (nSPS) is 29.9. The molecule has 2 atom stereocenters. The summed E-state index contributed by atoms with van der Waals surface area (Å²) in [4.78, 5) is 26.4. The second-order valence-electron chi connectivity index (χ2n) is 8.86. The van der Waals surface area contributed by atoms with Gasteiger partial charge in [-0.1, -0.05) is 11.2 Å². The molecule has 5 heterocycles. The molecule has 1 aliphatic carbocycles. The van der Waals surface area contributed by atoms with E-state index in [9.17, 15) is 14.7 Å². The Morgan fingerprint density at radius 2 is 2.10 bits per heavy atom. The van der Waals surface area contributed by atoms with Crippen LogP contribution in [-0.4, -0.2) is 58.9 Å². The zero-order valence-corrected chi connectivity index (χ0v) is 17.5. The van der Waals surface area contributed by atoms with Crippen LogP contribution in [0.2, 0.25) is 0 Å². The summed E-state index contributed by atoms with van der Waals surface area (Å²) >= 11 is 1.39. The summed E-state index contributed by atoms with van der Waals surface area (Å²) in [6, 6.07) is 5.26. The van der Waals surface area contributed by atoms with Crippen LogP contribution in [0, 0.1) is 11.8 Å². The number of rotatable bonds is 7. The molecule has 160 valence electrons. The van der Waals surface area contributed by atoms with Crippen molar-refractivity contribution in [2.45, 2.75) is 37.4 Å². The van der Waals surface area contributed by atoms with E-state index in [0.29, 0.717) is 34.2 Å². The highest BCUT2D eigenvalue weighted by Crippen LogP contribution is 2.48. The number of carbonyl (C=O) groups excluding carboxylic acids is 2. The summed E-state index contributed by atoms with van der Waals surface area (Å²) in [6.07, 6.45) is 4.63. The van der Waals surface area contributed by atoms with Gasteiger partial charge in [-0.2, -0.15) is 0 Å². The minimum Gasteiger partial charge on any atom is -0.454 e. The molecular formula is C21H26N3O5S+. The van der Waals surface area contributed by atoms with Gasteiger partial charge in [-0.25, -0.2) is 4.79 Å². The highest BCUT2D eigenvalue weighted by molar-refractivity contribution is 7.10. The van der Waals surface area contributed by atoms with E-state index in [-0.39, 0.29) is 17.9 Å². The third-order valence-electron chi connectivity index (χ3n) is 6.86. The number of hydrogen-bond acceptors (Lipinski definition) is 7. The van der Waals surface area contributed by atoms with Gasteiger partial charge >= 0.3 is 5.97 Å². The zero-order valence-electron chi connectivity index (χ0n) is 16.7. The second kappa shape index (κ2) is 7.47. The molecule has 0 spiro atoms. The fourth-order valence-electron chi connectivity index (χ4n) is 5.03. The van der Waals surface area contributed by atoms with E-state index in [0.717, 1.165) is 38.8 Å². The van der Waals surface area contributed by atoms with Crippen molar-refractivity contribution in [3.63, 3.8) is 0 Å². The minimum absolute atomic E-state index is 0.0684. The third-order valence-corrected chi connectivity index (χ3v) is 7.85. The number of aromatic nitrogens is 1. The van der Waals surface area contributed by atoms with Gasteiger partial charge in [-0.15, -0.1) is 11.3 Å². The molecule has 30 heavy (non-hydrogen) atoms. The average molecular weight is 433 g/mol. The number of anilines is 1. The van der Waals surface area contributed by atoms with Crippen molar-refractivity contribution in [2.75, 3.05) is 31.5 Å². The Bertz CT molecular complexity index is 903. The molecule has 0 aromatic carbocycles. The van der Waals surface area contributed by atoms with Crippen LogP contribution >= 0.6 is 11.3 Å². The van der Waals surface area contributed by atoms with Gasteiger partial charge in [0.1, 0.15) is 12.8 Å². The standard InChI is InChI=1S/C21H25N3O5S/c25-19(22-18-7-10-28-23-18)13-24-8-5-14(6-9-24)16(12-24)29-20(26)21(27,15-3-4-15)17-2-1-11-30-17/h1-2,7,10-11,14-16,27H,3-6,8-9,12-13H2/p+1/t14?,16?,21-,24?/m0/s1. The highest BCUT2D eigenvalue weighted by atomic mass is 32.1. The van der Waals surface area contributed by atoms with E-state index < -0.39 is 11.6 Å². The van der Waals surface area contributed by atoms with Crippen molar-refractivity contribution in [2.24, 2.45) is 11.8 Å². The molecule has 6 rings (SSSR count). The number of hydrogen-bond donors (Lipinski definition) is 2. The fraction of sp³-hybridized carbons (Fsp3) is 0.571. The van der Waals surface area contributed by atoms with Gasteiger partial charge in [0.05, 0.1) is 13.1 Å². The second-order valence-corrected chi connectivity index (χ2v) is 9.81. The van der Waals surface area contributed by atoms with Gasteiger partial charge in [0.25, 0.3) is 5.91 Å². The van der Waals surface area contributed by atoms with Crippen LogP contribution in [-0.2, 0) is 19.9 Å². The van der Waals surface area contributed by atoms with Gasteiger partial charge in [-0.3, -0.25) is 4.79 Å². The average Bonchev–Trinajstić information content (AvgIpc) is 3.21. The van der Waals surface area contributed by atoms with Crippen LogP contribution in [0.4, 0.5) is 5.82 Å². The maximum atomic E-state index is 13.2. The first-order valence-corrected chi connectivity index (χ1v) is 11.4. The van der Waals surface area contributed by atoms with E-state index in [4.69, 9.17) is 9.26 Å². The smallest absolute Gasteiger partial charge is 0.344 e. The quantitative estimate of drug-likeness (QED) is 0.513. The number of amides is 1. The summed E-state index contributed by atoms with van der Waals surface area (Å²) in [5.74, 6) is -0.0298. The molecule has 1 saturated carbocycles. The molecule has 2 bridgehead atoms. The lowest BCUT2D eigenvalue weighted by molar-refractivity contribution is -0.939. The van der Waals surface area contributed by atoms with E-state index in [1.54, 1.807) is 6.07 Å².